The topological polar surface area (TPSA) is 43.2 Å². The maximum absolute atomic E-state index is 13.2. The van der Waals surface area contributed by atoms with Crippen molar-refractivity contribution in [2.24, 2.45) is 0 Å². The molecule has 1 aromatic heterocycles. The van der Waals surface area contributed by atoms with Crippen LogP contribution in [0.2, 0.25) is 0 Å². The fourth-order valence-corrected chi connectivity index (χ4v) is 3.81. The zero-order chi connectivity index (χ0) is 19.4. The molecule has 9 heteroatoms. The molecule has 0 bridgehead atoms. The van der Waals surface area contributed by atoms with E-state index in [2.05, 4.69) is 10.2 Å². The summed E-state index contributed by atoms with van der Waals surface area (Å²) >= 11 is 1.50. The Labute approximate surface area is 160 Å². The van der Waals surface area contributed by atoms with Gasteiger partial charge in [0.25, 0.3) is 0 Å². The highest BCUT2D eigenvalue weighted by atomic mass is 32.2. The SMILES string of the molecule is CSc1nnc(CN(C)Cc2ccccc2C(F)(F)F)n1CC1CCCO1. The van der Waals surface area contributed by atoms with Gasteiger partial charge in [-0.05, 0) is 37.8 Å². The van der Waals surface area contributed by atoms with Gasteiger partial charge in [0.15, 0.2) is 5.16 Å². The number of hydrogen-bond donors (Lipinski definition) is 0. The van der Waals surface area contributed by atoms with Gasteiger partial charge in [0.1, 0.15) is 5.82 Å². The number of nitrogens with zero attached hydrogens (tertiary/aromatic N) is 4. The van der Waals surface area contributed by atoms with Crippen molar-refractivity contribution >= 4 is 11.8 Å². The van der Waals surface area contributed by atoms with Crippen LogP contribution in [-0.2, 0) is 30.5 Å². The molecular formula is C18H23F3N4OS. The molecule has 3 rings (SSSR count). The molecule has 0 amide bonds. The van der Waals surface area contributed by atoms with E-state index in [1.54, 1.807) is 13.1 Å². The molecule has 1 aromatic carbocycles. The van der Waals surface area contributed by atoms with E-state index in [1.807, 2.05) is 15.7 Å². The van der Waals surface area contributed by atoms with Crippen molar-refractivity contribution < 1.29 is 17.9 Å². The smallest absolute Gasteiger partial charge is 0.376 e. The first-order chi connectivity index (χ1) is 12.9. The highest BCUT2D eigenvalue weighted by molar-refractivity contribution is 7.98. The Morgan fingerprint density at radius 2 is 2.04 bits per heavy atom. The molecule has 2 heterocycles. The average Bonchev–Trinajstić information content (AvgIpc) is 3.25. The van der Waals surface area contributed by atoms with Crippen molar-refractivity contribution in [1.29, 1.82) is 0 Å². The fraction of sp³-hybridized carbons (Fsp3) is 0.556. The Hall–Kier alpha value is -1.58. The van der Waals surface area contributed by atoms with Crippen molar-refractivity contribution in [1.82, 2.24) is 19.7 Å². The second-order valence-electron chi connectivity index (χ2n) is 6.68. The Kier molecular flexibility index (Phi) is 6.44. The molecule has 1 saturated heterocycles. The molecule has 0 spiro atoms. The standard InChI is InChI=1S/C18H23F3N4OS/c1-24(10-13-6-3-4-8-15(13)18(19,20)21)12-16-22-23-17(27-2)25(16)11-14-7-5-9-26-14/h3-4,6,8,14H,5,7,9-12H2,1-2H3. The van der Waals surface area contributed by atoms with Gasteiger partial charge in [-0.3, -0.25) is 4.90 Å². The van der Waals surface area contributed by atoms with Gasteiger partial charge in [-0.2, -0.15) is 13.2 Å². The predicted molar refractivity (Wildman–Crippen MR) is 97.4 cm³/mol. The highest BCUT2D eigenvalue weighted by Gasteiger charge is 2.33. The third-order valence-corrected chi connectivity index (χ3v) is 5.23. The fourth-order valence-electron chi connectivity index (χ4n) is 3.29. The van der Waals surface area contributed by atoms with Crippen LogP contribution in [-0.4, -0.2) is 45.7 Å². The van der Waals surface area contributed by atoms with Gasteiger partial charge in [0, 0.05) is 13.2 Å². The number of hydrogen-bond acceptors (Lipinski definition) is 5. The summed E-state index contributed by atoms with van der Waals surface area (Å²) in [5, 5.41) is 9.26. The van der Waals surface area contributed by atoms with Crippen molar-refractivity contribution in [3.8, 4) is 0 Å². The van der Waals surface area contributed by atoms with Crippen molar-refractivity contribution in [2.75, 3.05) is 19.9 Å². The molecule has 0 N–H and O–H groups in total. The zero-order valence-corrected chi connectivity index (χ0v) is 16.2. The van der Waals surface area contributed by atoms with E-state index < -0.39 is 11.7 Å². The molecule has 1 unspecified atom stereocenters. The van der Waals surface area contributed by atoms with Crippen molar-refractivity contribution in [3.63, 3.8) is 0 Å². The summed E-state index contributed by atoms with van der Waals surface area (Å²) in [5.74, 6) is 0.738. The van der Waals surface area contributed by atoms with Gasteiger partial charge >= 0.3 is 6.18 Å². The summed E-state index contributed by atoms with van der Waals surface area (Å²) in [6.07, 6.45) is -0.237. The molecule has 148 valence electrons. The number of rotatable bonds is 7. The lowest BCUT2D eigenvalue weighted by Gasteiger charge is -2.21. The first-order valence-electron chi connectivity index (χ1n) is 8.79. The number of halogens is 3. The molecular weight excluding hydrogens is 377 g/mol. The maximum Gasteiger partial charge on any atom is 0.416 e. The summed E-state index contributed by atoms with van der Waals surface area (Å²) in [7, 11) is 1.79. The lowest BCUT2D eigenvalue weighted by atomic mass is 10.1. The van der Waals surface area contributed by atoms with Crippen molar-refractivity contribution in [3.05, 3.63) is 41.2 Å². The van der Waals surface area contributed by atoms with E-state index >= 15 is 0 Å². The molecule has 0 aliphatic carbocycles. The Morgan fingerprint density at radius 1 is 1.26 bits per heavy atom. The number of benzene rings is 1. The van der Waals surface area contributed by atoms with Gasteiger partial charge < -0.3 is 9.30 Å². The minimum absolute atomic E-state index is 0.141. The molecule has 5 nitrogen and oxygen atoms in total. The molecule has 2 aromatic rings. The number of thioether (sulfide) groups is 1. The average molecular weight is 400 g/mol. The normalized spacial score (nSPS) is 17.8. The van der Waals surface area contributed by atoms with Crippen LogP contribution in [0.5, 0.6) is 0 Å². The second kappa shape index (κ2) is 8.62. The van der Waals surface area contributed by atoms with E-state index in [0.29, 0.717) is 13.1 Å². The summed E-state index contributed by atoms with van der Waals surface area (Å²) in [4.78, 5) is 1.82. The predicted octanol–water partition coefficient (Wildman–Crippen LogP) is 3.83. The third kappa shape index (κ3) is 5.03. The van der Waals surface area contributed by atoms with Crippen LogP contribution < -0.4 is 0 Å². The van der Waals surface area contributed by atoms with Crippen molar-refractivity contribution in [2.45, 2.75) is 49.9 Å². The minimum Gasteiger partial charge on any atom is -0.376 e. The molecule has 1 atom stereocenters. The summed E-state index contributed by atoms with van der Waals surface area (Å²) < 4.78 is 47.3. The monoisotopic (exact) mass is 400 g/mol. The van der Waals surface area contributed by atoms with E-state index in [-0.39, 0.29) is 18.2 Å². The Bertz CT molecular complexity index is 759. The number of aromatic nitrogens is 3. The van der Waals surface area contributed by atoms with Crippen LogP contribution in [0.25, 0.3) is 0 Å². The van der Waals surface area contributed by atoms with E-state index in [0.717, 1.165) is 36.5 Å². The van der Waals surface area contributed by atoms with Gasteiger partial charge in [0.2, 0.25) is 0 Å². The number of alkyl halides is 3. The molecule has 0 saturated carbocycles. The van der Waals surface area contributed by atoms with Gasteiger partial charge in [0.05, 0.1) is 24.8 Å². The summed E-state index contributed by atoms with van der Waals surface area (Å²) in [5.41, 5.74) is -0.342. The molecule has 0 radical (unpaired) electrons. The van der Waals surface area contributed by atoms with Crippen LogP contribution in [0.4, 0.5) is 13.2 Å². The first-order valence-corrected chi connectivity index (χ1v) is 10.0. The maximum atomic E-state index is 13.2. The quantitative estimate of drug-likeness (QED) is 0.661. The van der Waals surface area contributed by atoms with Crippen LogP contribution >= 0.6 is 11.8 Å². The van der Waals surface area contributed by atoms with Crippen LogP contribution in [0.1, 0.15) is 29.8 Å². The highest BCUT2D eigenvalue weighted by Crippen LogP contribution is 2.32. The lowest BCUT2D eigenvalue weighted by Crippen LogP contribution is -2.24. The third-order valence-electron chi connectivity index (χ3n) is 4.56. The summed E-state index contributed by atoms with van der Waals surface area (Å²) in [6, 6.07) is 5.68. The van der Waals surface area contributed by atoms with Gasteiger partial charge in [-0.1, -0.05) is 30.0 Å². The van der Waals surface area contributed by atoms with Gasteiger partial charge in [-0.15, -0.1) is 10.2 Å². The number of ether oxygens (including phenoxy) is 1. The van der Waals surface area contributed by atoms with E-state index in [4.69, 9.17) is 4.74 Å². The van der Waals surface area contributed by atoms with Gasteiger partial charge in [-0.25, -0.2) is 0 Å². The molecule has 27 heavy (non-hydrogen) atoms. The Balaban J connectivity index is 1.73. The van der Waals surface area contributed by atoms with Crippen LogP contribution in [0.3, 0.4) is 0 Å². The minimum atomic E-state index is -4.36. The lowest BCUT2D eigenvalue weighted by molar-refractivity contribution is -0.138. The Morgan fingerprint density at radius 3 is 2.70 bits per heavy atom. The summed E-state index contributed by atoms with van der Waals surface area (Å²) in [6.45, 7) is 2.03. The zero-order valence-electron chi connectivity index (χ0n) is 15.4. The van der Waals surface area contributed by atoms with Crippen LogP contribution in [0, 0.1) is 0 Å². The van der Waals surface area contributed by atoms with E-state index in [1.165, 1.54) is 23.9 Å². The molecule has 1 fully saturated rings. The van der Waals surface area contributed by atoms with E-state index in [9.17, 15) is 13.2 Å². The largest absolute Gasteiger partial charge is 0.416 e. The molecule has 1 aliphatic rings. The first kappa shape index (κ1) is 20.2. The molecule has 1 aliphatic heterocycles. The van der Waals surface area contributed by atoms with Crippen LogP contribution in [0.15, 0.2) is 29.4 Å². The second-order valence-corrected chi connectivity index (χ2v) is 7.45.